The highest BCUT2D eigenvalue weighted by molar-refractivity contribution is 5.78. The SMILES string of the molecule is CCC(NC(=O)CNC)c1ccc(C)cc1. The third-order valence-corrected chi connectivity index (χ3v) is 2.56. The number of amides is 1. The zero-order chi connectivity index (χ0) is 12.0. The lowest BCUT2D eigenvalue weighted by atomic mass is 10.0. The van der Waals surface area contributed by atoms with Gasteiger partial charge in [-0.05, 0) is 26.0 Å². The Morgan fingerprint density at radius 2 is 1.94 bits per heavy atom. The lowest BCUT2D eigenvalue weighted by molar-refractivity contribution is -0.120. The first kappa shape index (κ1) is 12.7. The van der Waals surface area contributed by atoms with E-state index in [1.165, 1.54) is 5.56 Å². The van der Waals surface area contributed by atoms with E-state index in [9.17, 15) is 4.79 Å². The standard InChI is InChI=1S/C13H20N2O/c1-4-12(15-13(16)9-14-3)11-7-5-10(2)6-8-11/h5-8,12,14H,4,9H2,1-3H3,(H,15,16). The molecule has 0 radical (unpaired) electrons. The van der Waals surface area contributed by atoms with Gasteiger partial charge in [-0.25, -0.2) is 0 Å². The summed E-state index contributed by atoms with van der Waals surface area (Å²) >= 11 is 0. The summed E-state index contributed by atoms with van der Waals surface area (Å²) in [5.41, 5.74) is 2.40. The van der Waals surface area contributed by atoms with Crippen molar-refractivity contribution in [3.63, 3.8) is 0 Å². The number of nitrogens with one attached hydrogen (secondary N) is 2. The normalized spacial score (nSPS) is 12.2. The van der Waals surface area contributed by atoms with E-state index in [1.807, 2.05) is 0 Å². The second-order valence-corrected chi connectivity index (χ2v) is 3.97. The molecule has 1 atom stereocenters. The van der Waals surface area contributed by atoms with Crippen LogP contribution in [0.4, 0.5) is 0 Å². The van der Waals surface area contributed by atoms with Crippen LogP contribution in [0, 0.1) is 6.92 Å². The first-order valence-corrected chi connectivity index (χ1v) is 5.68. The molecular formula is C13H20N2O. The number of carbonyl (C=O) groups excluding carboxylic acids is 1. The molecule has 1 aromatic rings. The van der Waals surface area contributed by atoms with Crippen LogP contribution in [0.25, 0.3) is 0 Å². The van der Waals surface area contributed by atoms with Crippen LogP contribution in [0.3, 0.4) is 0 Å². The fourth-order valence-electron chi connectivity index (χ4n) is 1.63. The Hall–Kier alpha value is -1.35. The van der Waals surface area contributed by atoms with E-state index in [2.05, 4.69) is 48.7 Å². The van der Waals surface area contributed by atoms with Crippen LogP contribution in [0.15, 0.2) is 24.3 Å². The molecule has 88 valence electrons. The van der Waals surface area contributed by atoms with E-state index in [1.54, 1.807) is 7.05 Å². The molecule has 3 heteroatoms. The first-order valence-electron chi connectivity index (χ1n) is 5.68. The molecule has 0 heterocycles. The largest absolute Gasteiger partial charge is 0.348 e. The molecule has 0 spiro atoms. The molecule has 1 aromatic carbocycles. The van der Waals surface area contributed by atoms with Gasteiger partial charge < -0.3 is 10.6 Å². The summed E-state index contributed by atoms with van der Waals surface area (Å²) in [6, 6.07) is 8.40. The third kappa shape index (κ3) is 3.66. The fraction of sp³-hybridized carbons (Fsp3) is 0.462. The number of rotatable bonds is 5. The highest BCUT2D eigenvalue weighted by atomic mass is 16.1. The molecule has 0 bridgehead atoms. The first-order chi connectivity index (χ1) is 7.67. The average Bonchev–Trinajstić information content (AvgIpc) is 2.27. The van der Waals surface area contributed by atoms with Crippen molar-refractivity contribution in [2.75, 3.05) is 13.6 Å². The van der Waals surface area contributed by atoms with E-state index in [-0.39, 0.29) is 11.9 Å². The summed E-state index contributed by atoms with van der Waals surface area (Å²) in [7, 11) is 1.77. The van der Waals surface area contributed by atoms with E-state index >= 15 is 0 Å². The molecule has 0 fully saturated rings. The Morgan fingerprint density at radius 3 is 2.44 bits per heavy atom. The molecule has 0 aliphatic carbocycles. The molecular weight excluding hydrogens is 200 g/mol. The number of hydrogen-bond donors (Lipinski definition) is 2. The van der Waals surface area contributed by atoms with Crippen LogP contribution in [-0.2, 0) is 4.79 Å². The molecule has 0 aliphatic heterocycles. The Kier molecular flexibility index (Phi) is 4.99. The van der Waals surface area contributed by atoms with Gasteiger partial charge in [0.05, 0.1) is 12.6 Å². The molecule has 0 saturated heterocycles. The van der Waals surface area contributed by atoms with E-state index in [0.29, 0.717) is 6.54 Å². The van der Waals surface area contributed by atoms with Crippen molar-refractivity contribution in [3.8, 4) is 0 Å². The van der Waals surface area contributed by atoms with Gasteiger partial charge in [0.2, 0.25) is 5.91 Å². The minimum absolute atomic E-state index is 0.0370. The molecule has 16 heavy (non-hydrogen) atoms. The summed E-state index contributed by atoms with van der Waals surface area (Å²) in [4.78, 5) is 11.5. The van der Waals surface area contributed by atoms with Crippen molar-refractivity contribution in [3.05, 3.63) is 35.4 Å². The fourth-order valence-corrected chi connectivity index (χ4v) is 1.63. The summed E-state index contributed by atoms with van der Waals surface area (Å²) in [5, 5.41) is 5.85. The number of carbonyl (C=O) groups is 1. The highest BCUT2D eigenvalue weighted by Crippen LogP contribution is 2.16. The van der Waals surface area contributed by atoms with Crippen LogP contribution in [-0.4, -0.2) is 19.5 Å². The molecule has 0 aromatic heterocycles. The zero-order valence-corrected chi connectivity index (χ0v) is 10.2. The van der Waals surface area contributed by atoms with Gasteiger partial charge in [-0.2, -0.15) is 0 Å². The number of benzene rings is 1. The van der Waals surface area contributed by atoms with Gasteiger partial charge in [0, 0.05) is 0 Å². The third-order valence-electron chi connectivity index (χ3n) is 2.56. The highest BCUT2D eigenvalue weighted by Gasteiger charge is 2.11. The van der Waals surface area contributed by atoms with Crippen molar-refractivity contribution in [1.82, 2.24) is 10.6 Å². The van der Waals surface area contributed by atoms with Crippen molar-refractivity contribution in [2.24, 2.45) is 0 Å². The molecule has 1 rings (SSSR count). The van der Waals surface area contributed by atoms with Gasteiger partial charge in [0.1, 0.15) is 0 Å². The van der Waals surface area contributed by atoms with Crippen molar-refractivity contribution in [1.29, 1.82) is 0 Å². The lowest BCUT2D eigenvalue weighted by Crippen LogP contribution is -2.34. The predicted octanol–water partition coefficient (Wildman–Crippen LogP) is 1.78. The van der Waals surface area contributed by atoms with E-state index < -0.39 is 0 Å². The van der Waals surface area contributed by atoms with Crippen molar-refractivity contribution in [2.45, 2.75) is 26.3 Å². The quantitative estimate of drug-likeness (QED) is 0.794. The summed E-state index contributed by atoms with van der Waals surface area (Å²) < 4.78 is 0. The monoisotopic (exact) mass is 220 g/mol. The van der Waals surface area contributed by atoms with Crippen molar-refractivity contribution >= 4 is 5.91 Å². The van der Waals surface area contributed by atoms with Crippen LogP contribution < -0.4 is 10.6 Å². The van der Waals surface area contributed by atoms with Gasteiger partial charge in [-0.1, -0.05) is 36.8 Å². The van der Waals surface area contributed by atoms with Crippen LogP contribution in [0.2, 0.25) is 0 Å². The maximum Gasteiger partial charge on any atom is 0.234 e. The maximum absolute atomic E-state index is 11.5. The van der Waals surface area contributed by atoms with Crippen molar-refractivity contribution < 1.29 is 4.79 Å². The average molecular weight is 220 g/mol. The predicted molar refractivity (Wildman–Crippen MR) is 66.3 cm³/mol. The molecule has 3 nitrogen and oxygen atoms in total. The Morgan fingerprint density at radius 1 is 1.31 bits per heavy atom. The molecule has 1 amide bonds. The zero-order valence-electron chi connectivity index (χ0n) is 10.2. The van der Waals surface area contributed by atoms with Crippen LogP contribution >= 0.6 is 0 Å². The van der Waals surface area contributed by atoms with Crippen LogP contribution in [0.5, 0.6) is 0 Å². The molecule has 0 aliphatic rings. The molecule has 2 N–H and O–H groups in total. The van der Waals surface area contributed by atoms with Gasteiger partial charge in [0.15, 0.2) is 0 Å². The minimum atomic E-state index is 0.0370. The number of aryl methyl sites for hydroxylation is 1. The van der Waals surface area contributed by atoms with Gasteiger partial charge >= 0.3 is 0 Å². The molecule has 1 unspecified atom stereocenters. The number of likely N-dealkylation sites (N-methyl/N-ethyl adjacent to an activating group) is 1. The van der Waals surface area contributed by atoms with E-state index in [4.69, 9.17) is 0 Å². The van der Waals surface area contributed by atoms with E-state index in [0.717, 1.165) is 12.0 Å². The maximum atomic E-state index is 11.5. The Labute approximate surface area is 97.2 Å². The van der Waals surface area contributed by atoms with Gasteiger partial charge in [-0.15, -0.1) is 0 Å². The molecule has 0 saturated carbocycles. The summed E-state index contributed by atoms with van der Waals surface area (Å²) in [6.45, 7) is 4.50. The summed E-state index contributed by atoms with van der Waals surface area (Å²) in [5.74, 6) is 0.0370. The minimum Gasteiger partial charge on any atom is -0.348 e. The second-order valence-electron chi connectivity index (χ2n) is 3.97. The number of hydrogen-bond acceptors (Lipinski definition) is 2. The van der Waals surface area contributed by atoms with Gasteiger partial charge in [-0.3, -0.25) is 4.79 Å². The summed E-state index contributed by atoms with van der Waals surface area (Å²) in [6.07, 6.45) is 0.901. The van der Waals surface area contributed by atoms with Gasteiger partial charge in [0.25, 0.3) is 0 Å². The lowest BCUT2D eigenvalue weighted by Gasteiger charge is -2.17. The van der Waals surface area contributed by atoms with Crippen LogP contribution in [0.1, 0.15) is 30.5 Å². The topological polar surface area (TPSA) is 41.1 Å². The smallest absolute Gasteiger partial charge is 0.234 e. The Bertz CT molecular complexity index is 332. The second kappa shape index (κ2) is 6.28. The Balaban J connectivity index is 2.67.